The molecule has 0 aliphatic carbocycles. The van der Waals surface area contributed by atoms with E-state index in [0.29, 0.717) is 11.4 Å². The summed E-state index contributed by atoms with van der Waals surface area (Å²) in [4.78, 5) is 24.1. The lowest BCUT2D eigenvalue weighted by Crippen LogP contribution is -2.56. The normalized spacial score (nSPS) is 14.6. The predicted octanol–water partition coefficient (Wildman–Crippen LogP) is 2.87. The second-order valence-corrected chi connectivity index (χ2v) is 9.01. The zero-order valence-corrected chi connectivity index (χ0v) is 15.8. The topological polar surface area (TPSA) is 97.6 Å². The first-order valence-corrected chi connectivity index (χ1v) is 10.2. The highest BCUT2D eigenvalue weighted by Crippen LogP contribution is 2.25. The Morgan fingerprint density at radius 2 is 1.70 bits per heavy atom. The van der Waals surface area contributed by atoms with Crippen molar-refractivity contribution < 1.29 is 18.1 Å². The van der Waals surface area contributed by atoms with Crippen molar-refractivity contribution in [3.05, 3.63) is 69.2 Å². The number of sulfone groups is 1. The molecule has 2 aromatic rings. The number of non-ortho nitro benzene ring substituents is 1. The zero-order valence-electron chi connectivity index (χ0n) is 14.2. The molecule has 1 saturated heterocycles. The molecular weight excluding hydrogens is 392 g/mol. The van der Waals surface area contributed by atoms with Crippen LogP contribution in [0.15, 0.2) is 53.4 Å². The van der Waals surface area contributed by atoms with E-state index >= 15 is 0 Å². The third kappa shape index (κ3) is 4.28. The van der Waals surface area contributed by atoms with E-state index in [0.717, 1.165) is 5.56 Å². The summed E-state index contributed by atoms with van der Waals surface area (Å²) in [5, 5.41) is 10.5. The van der Waals surface area contributed by atoms with E-state index < -0.39 is 20.0 Å². The maximum absolute atomic E-state index is 12.5. The molecule has 7 nitrogen and oxygen atoms in total. The molecule has 0 aromatic heterocycles. The monoisotopic (exact) mass is 408 g/mol. The van der Waals surface area contributed by atoms with Crippen molar-refractivity contribution in [1.82, 2.24) is 4.90 Å². The highest BCUT2D eigenvalue weighted by atomic mass is 35.5. The first kappa shape index (κ1) is 19.3. The minimum absolute atomic E-state index is 0.00284. The van der Waals surface area contributed by atoms with Crippen LogP contribution in [0.4, 0.5) is 5.69 Å². The molecule has 0 saturated carbocycles. The Morgan fingerprint density at radius 3 is 2.26 bits per heavy atom. The van der Waals surface area contributed by atoms with Crippen LogP contribution in [0.3, 0.4) is 0 Å². The molecule has 0 bridgehead atoms. The van der Waals surface area contributed by atoms with Gasteiger partial charge in [-0.15, -0.1) is 0 Å². The van der Waals surface area contributed by atoms with E-state index in [2.05, 4.69) is 0 Å². The number of nitro groups is 1. The molecule has 1 amide bonds. The van der Waals surface area contributed by atoms with Crippen LogP contribution < -0.4 is 0 Å². The van der Waals surface area contributed by atoms with Crippen LogP contribution in [0.5, 0.6) is 0 Å². The van der Waals surface area contributed by atoms with Crippen LogP contribution in [-0.4, -0.2) is 42.5 Å². The first-order valence-electron chi connectivity index (χ1n) is 8.28. The summed E-state index contributed by atoms with van der Waals surface area (Å²) in [6.07, 6.45) is 0.674. The fraction of sp³-hybridized carbons (Fsp3) is 0.278. The third-order valence-electron chi connectivity index (χ3n) is 4.56. The lowest BCUT2D eigenvalue weighted by Gasteiger charge is -2.38. The minimum atomic E-state index is -3.48. The number of benzene rings is 2. The lowest BCUT2D eigenvalue weighted by molar-refractivity contribution is -0.384. The van der Waals surface area contributed by atoms with Crippen molar-refractivity contribution in [2.75, 3.05) is 13.1 Å². The second kappa shape index (κ2) is 7.66. The van der Waals surface area contributed by atoms with E-state index in [1.54, 1.807) is 12.1 Å². The van der Waals surface area contributed by atoms with Gasteiger partial charge >= 0.3 is 0 Å². The quantitative estimate of drug-likeness (QED) is 0.540. The average molecular weight is 409 g/mol. The van der Waals surface area contributed by atoms with Crippen LogP contribution >= 0.6 is 11.6 Å². The van der Waals surface area contributed by atoms with Crippen molar-refractivity contribution in [2.45, 2.75) is 23.0 Å². The van der Waals surface area contributed by atoms with Crippen molar-refractivity contribution in [3.8, 4) is 0 Å². The minimum Gasteiger partial charge on any atom is -0.340 e. The molecule has 0 spiro atoms. The Kier molecular flexibility index (Phi) is 5.48. The van der Waals surface area contributed by atoms with Crippen LogP contribution in [0.25, 0.3) is 0 Å². The van der Waals surface area contributed by atoms with E-state index in [-0.39, 0.29) is 36.0 Å². The highest BCUT2D eigenvalue weighted by Gasteiger charge is 2.40. The Hall–Kier alpha value is -2.45. The third-order valence-corrected chi connectivity index (χ3v) is 6.91. The molecule has 9 heteroatoms. The predicted molar refractivity (Wildman–Crippen MR) is 100 cm³/mol. The maximum atomic E-state index is 12.5. The maximum Gasteiger partial charge on any atom is 0.269 e. The Labute approximate surface area is 161 Å². The molecule has 0 radical (unpaired) electrons. The summed E-state index contributed by atoms with van der Waals surface area (Å²) >= 11 is 5.78. The zero-order chi connectivity index (χ0) is 19.6. The number of hydrogen-bond acceptors (Lipinski definition) is 5. The largest absolute Gasteiger partial charge is 0.340 e. The Balaban J connectivity index is 1.52. The molecule has 1 aliphatic heterocycles. The number of nitro benzene ring substituents is 1. The number of hydrogen-bond donors (Lipinski definition) is 0. The van der Waals surface area contributed by atoms with Gasteiger partial charge in [0.2, 0.25) is 5.91 Å². The number of amides is 1. The van der Waals surface area contributed by atoms with Crippen molar-refractivity contribution in [1.29, 1.82) is 0 Å². The van der Waals surface area contributed by atoms with Gasteiger partial charge in [0.25, 0.3) is 5.69 Å². The molecule has 142 valence electrons. The lowest BCUT2D eigenvalue weighted by atomic mass is 10.1. The summed E-state index contributed by atoms with van der Waals surface area (Å²) in [7, 11) is -3.48. The molecule has 3 rings (SSSR count). The number of aryl methyl sites for hydroxylation is 1. The van der Waals surface area contributed by atoms with E-state index in [9.17, 15) is 23.3 Å². The van der Waals surface area contributed by atoms with Crippen LogP contribution in [0.2, 0.25) is 5.02 Å². The van der Waals surface area contributed by atoms with Gasteiger partial charge < -0.3 is 4.90 Å². The summed E-state index contributed by atoms with van der Waals surface area (Å²) in [6.45, 7) is 0.341. The number of carbonyl (C=O) groups is 1. The van der Waals surface area contributed by atoms with Crippen molar-refractivity contribution in [2.24, 2.45) is 0 Å². The molecule has 27 heavy (non-hydrogen) atoms. The Morgan fingerprint density at radius 1 is 1.11 bits per heavy atom. The van der Waals surface area contributed by atoms with Gasteiger partial charge in [-0.25, -0.2) is 8.42 Å². The number of likely N-dealkylation sites (tertiary alicyclic amines) is 1. The molecule has 0 unspecified atom stereocenters. The molecular formula is C18H17ClN2O5S. The number of halogens is 1. The second-order valence-electron chi connectivity index (χ2n) is 6.34. The van der Waals surface area contributed by atoms with Crippen molar-refractivity contribution >= 4 is 33.0 Å². The summed E-state index contributed by atoms with van der Waals surface area (Å²) in [5.41, 5.74) is 0.822. The van der Waals surface area contributed by atoms with Crippen LogP contribution in [0.1, 0.15) is 12.0 Å². The average Bonchev–Trinajstić information content (AvgIpc) is 2.59. The summed E-state index contributed by atoms with van der Waals surface area (Å²) in [6, 6.07) is 12.0. The Bertz CT molecular complexity index is 952. The highest BCUT2D eigenvalue weighted by molar-refractivity contribution is 7.92. The summed E-state index contributed by atoms with van der Waals surface area (Å²) in [5.74, 6) is -0.129. The smallest absolute Gasteiger partial charge is 0.269 e. The van der Waals surface area contributed by atoms with Crippen LogP contribution in [-0.2, 0) is 21.1 Å². The molecule has 0 atom stereocenters. The SMILES string of the molecule is O=C(CCc1ccc([N+](=O)[O-])cc1)N1CC(S(=O)(=O)c2ccc(Cl)cc2)C1. The van der Waals surface area contributed by atoms with Gasteiger partial charge in [-0.2, -0.15) is 0 Å². The molecule has 1 fully saturated rings. The van der Waals surface area contributed by atoms with Gasteiger partial charge in [-0.1, -0.05) is 23.7 Å². The number of rotatable bonds is 6. The molecule has 2 aromatic carbocycles. The van der Waals surface area contributed by atoms with E-state index in [1.165, 1.54) is 41.3 Å². The molecule has 1 heterocycles. The van der Waals surface area contributed by atoms with Gasteiger partial charge in [0.15, 0.2) is 9.84 Å². The number of carbonyl (C=O) groups excluding carboxylic acids is 1. The fourth-order valence-corrected chi connectivity index (χ4v) is 4.63. The van der Waals surface area contributed by atoms with Gasteiger partial charge in [0.05, 0.1) is 9.82 Å². The van der Waals surface area contributed by atoms with E-state index in [1.807, 2.05) is 0 Å². The van der Waals surface area contributed by atoms with Gasteiger partial charge in [-0.05, 0) is 36.2 Å². The molecule has 0 N–H and O–H groups in total. The van der Waals surface area contributed by atoms with Gasteiger partial charge in [0, 0.05) is 36.7 Å². The standard InChI is InChI=1S/C18H17ClN2O5S/c19-14-4-8-16(9-5-14)27(25,26)17-11-20(12-17)18(22)10-3-13-1-6-15(7-2-13)21(23)24/h1-2,4-9,17H,3,10-12H2. The molecule has 1 aliphatic rings. The van der Waals surface area contributed by atoms with Crippen LogP contribution in [0, 0.1) is 10.1 Å². The van der Waals surface area contributed by atoms with Crippen molar-refractivity contribution in [3.63, 3.8) is 0 Å². The van der Waals surface area contributed by atoms with E-state index in [4.69, 9.17) is 11.6 Å². The van der Waals surface area contributed by atoms with Gasteiger partial charge in [-0.3, -0.25) is 14.9 Å². The summed E-state index contributed by atoms with van der Waals surface area (Å²) < 4.78 is 25.0. The first-order chi connectivity index (χ1) is 12.8. The number of nitrogens with zero attached hydrogens (tertiary/aromatic N) is 2. The fourth-order valence-electron chi connectivity index (χ4n) is 2.85. The van der Waals surface area contributed by atoms with Gasteiger partial charge in [0.1, 0.15) is 5.25 Å².